The van der Waals surface area contributed by atoms with Gasteiger partial charge in [-0.25, -0.2) is 4.98 Å². The van der Waals surface area contributed by atoms with E-state index in [0.717, 1.165) is 11.9 Å². The van der Waals surface area contributed by atoms with Gasteiger partial charge < -0.3 is 0 Å². The maximum absolute atomic E-state index is 12.1. The Hall–Kier alpha value is -0.560. The first-order valence-electron chi connectivity index (χ1n) is 4.09. The van der Waals surface area contributed by atoms with E-state index in [1.54, 1.807) is 0 Å². The molecule has 84 valence electrons. The molecule has 15 heavy (non-hydrogen) atoms. The number of hydrogen-bond acceptors (Lipinski definition) is 4. The molecule has 0 N–H and O–H groups in total. The number of carbonyl (C=O) groups excluding carboxylic acids is 1. The molecule has 0 aliphatic heterocycles. The highest BCUT2D eigenvalue weighted by molar-refractivity contribution is 7.99. The molecule has 7 heteroatoms. The third-order valence-corrected chi connectivity index (χ3v) is 3.42. The smallest absolute Gasteiger partial charge is 0.292 e. The highest BCUT2D eigenvalue weighted by atomic mass is 32.2. The van der Waals surface area contributed by atoms with Crippen LogP contribution in [0.15, 0.2) is 6.20 Å². The van der Waals surface area contributed by atoms with Crippen LogP contribution in [-0.4, -0.2) is 22.3 Å². The van der Waals surface area contributed by atoms with Crippen molar-refractivity contribution in [2.24, 2.45) is 0 Å². The minimum atomic E-state index is -4.46. The number of thiazole rings is 1. The van der Waals surface area contributed by atoms with Gasteiger partial charge in [0.2, 0.25) is 0 Å². The van der Waals surface area contributed by atoms with Crippen LogP contribution in [0.5, 0.6) is 0 Å². The van der Waals surface area contributed by atoms with Crippen LogP contribution in [0.1, 0.15) is 21.6 Å². The number of Topliss-reactive ketones (excluding diaryl/α,β-unsaturated/α-hetero) is 1. The van der Waals surface area contributed by atoms with Crippen LogP contribution >= 0.6 is 23.1 Å². The molecule has 0 aliphatic rings. The highest BCUT2D eigenvalue weighted by Gasteiger charge is 2.35. The topological polar surface area (TPSA) is 30.0 Å². The first-order valence-corrected chi connectivity index (χ1v) is 6.06. The summed E-state index contributed by atoms with van der Waals surface area (Å²) in [5, 5.41) is -0.965. The summed E-state index contributed by atoms with van der Waals surface area (Å²) in [6.45, 7) is 1.88. The van der Waals surface area contributed by atoms with Crippen molar-refractivity contribution in [3.63, 3.8) is 0 Å². The van der Waals surface area contributed by atoms with Crippen molar-refractivity contribution >= 4 is 28.9 Å². The molecule has 1 rings (SSSR count). The number of alkyl halides is 3. The SMILES string of the molecule is CCSCC(=O)c1cnc(C(F)(F)F)s1. The summed E-state index contributed by atoms with van der Waals surface area (Å²) in [5.41, 5.74) is 0. The summed E-state index contributed by atoms with van der Waals surface area (Å²) in [6, 6.07) is 0. The monoisotopic (exact) mass is 255 g/mol. The minimum absolute atomic E-state index is 0.0725. The molecule has 0 aromatic carbocycles. The van der Waals surface area contributed by atoms with Crippen LogP contribution < -0.4 is 0 Å². The molecule has 0 radical (unpaired) electrons. The molecule has 1 aromatic heterocycles. The van der Waals surface area contributed by atoms with Gasteiger partial charge >= 0.3 is 6.18 Å². The Labute approximate surface area is 92.9 Å². The summed E-state index contributed by atoms with van der Waals surface area (Å²) >= 11 is 1.78. The molecule has 0 amide bonds. The van der Waals surface area contributed by atoms with Gasteiger partial charge in [-0.3, -0.25) is 4.79 Å². The van der Waals surface area contributed by atoms with E-state index in [-0.39, 0.29) is 16.4 Å². The third-order valence-electron chi connectivity index (χ3n) is 1.46. The lowest BCUT2D eigenvalue weighted by molar-refractivity contribution is -0.137. The molecule has 1 aromatic rings. The second kappa shape index (κ2) is 4.98. The van der Waals surface area contributed by atoms with Crippen molar-refractivity contribution in [2.45, 2.75) is 13.1 Å². The molecule has 0 fully saturated rings. The van der Waals surface area contributed by atoms with Gasteiger partial charge in [0, 0.05) is 6.20 Å². The molecular weight excluding hydrogens is 247 g/mol. The van der Waals surface area contributed by atoms with Crippen LogP contribution in [-0.2, 0) is 6.18 Å². The molecule has 2 nitrogen and oxygen atoms in total. The number of aromatic nitrogens is 1. The molecule has 0 unspecified atom stereocenters. The van der Waals surface area contributed by atoms with Crippen molar-refractivity contribution in [3.8, 4) is 0 Å². The first kappa shape index (κ1) is 12.5. The fraction of sp³-hybridized carbons (Fsp3) is 0.500. The Bertz CT molecular complexity index is 348. The van der Waals surface area contributed by atoms with Gasteiger partial charge in [0.05, 0.1) is 10.6 Å². The maximum atomic E-state index is 12.1. The standard InChI is InChI=1S/C8H8F3NOS2/c1-2-14-4-5(13)6-3-12-7(15-6)8(9,10)11/h3H,2,4H2,1H3. The Morgan fingerprint density at radius 2 is 2.27 bits per heavy atom. The number of rotatable bonds is 4. The van der Waals surface area contributed by atoms with E-state index in [1.807, 2.05) is 6.92 Å². The van der Waals surface area contributed by atoms with Crippen molar-refractivity contribution in [3.05, 3.63) is 16.1 Å². The van der Waals surface area contributed by atoms with E-state index >= 15 is 0 Å². The molecule has 1 heterocycles. The first-order chi connectivity index (χ1) is 6.95. The van der Waals surface area contributed by atoms with Crippen LogP contribution in [0.2, 0.25) is 0 Å². The van der Waals surface area contributed by atoms with Gasteiger partial charge in [0.25, 0.3) is 0 Å². The highest BCUT2D eigenvalue weighted by Crippen LogP contribution is 2.32. The number of nitrogens with zero attached hydrogens (tertiary/aromatic N) is 1. The lowest BCUT2D eigenvalue weighted by Gasteiger charge is -1.98. The molecule has 0 saturated heterocycles. The normalized spacial score (nSPS) is 11.7. The Kier molecular flexibility index (Phi) is 4.15. The Balaban J connectivity index is 2.72. The van der Waals surface area contributed by atoms with Gasteiger partial charge in [-0.2, -0.15) is 24.9 Å². The van der Waals surface area contributed by atoms with Crippen LogP contribution in [0.3, 0.4) is 0 Å². The summed E-state index contributed by atoms with van der Waals surface area (Å²) < 4.78 is 36.4. The maximum Gasteiger partial charge on any atom is 0.443 e. The zero-order chi connectivity index (χ0) is 11.5. The quantitative estimate of drug-likeness (QED) is 0.774. The minimum Gasteiger partial charge on any atom is -0.292 e. The predicted octanol–water partition coefficient (Wildman–Crippen LogP) is 3.10. The Morgan fingerprint density at radius 1 is 1.60 bits per heavy atom. The summed E-state index contributed by atoms with van der Waals surface area (Å²) in [7, 11) is 0. The van der Waals surface area contributed by atoms with E-state index < -0.39 is 11.2 Å². The molecule has 0 saturated carbocycles. The Morgan fingerprint density at radius 3 is 2.73 bits per heavy atom. The van der Waals surface area contributed by atoms with Gasteiger partial charge in [0.15, 0.2) is 10.8 Å². The molecular formula is C8H8F3NOS2. The second-order valence-electron chi connectivity index (χ2n) is 2.59. The number of ketones is 1. The van der Waals surface area contributed by atoms with Gasteiger partial charge in [-0.1, -0.05) is 6.92 Å². The van der Waals surface area contributed by atoms with Crippen molar-refractivity contribution in [1.82, 2.24) is 4.98 Å². The van der Waals surface area contributed by atoms with E-state index in [4.69, 9.17) is 0 Å². The number of hydrogen-bond donors (Lipinski definition) is 0. The fourth-order valence-corrected chi connectivity index (χ4v) is 2.16. The van der Waals surface area contributed by atoms with E-state index in [9.17, 15) is 18.0 Å². The summed E-state index contributed by atoms with van der Waals surface area (Å²) in [5.74, 6) is 0.669. The average molecular weight is 255 g/mol. The number of halogens is 3. The second-order valence-corrected chi connectivity index (χ2v) is 4.89. The molecule has 0 aliphatic carbocycles. The lowest BCUT2D eigenvalue weighted by Crippen LogP contribution is -2.03. The molecule has 0 bridgehead atoms. The van der Waals surface area contributed by atoms with Crippen molar-refractivity contribution in [1.29, 1.82) is 0 Å². The summed E-state index contributed by atoms with van der Waals surface area (Å²) in [4.78, 5) is 14.6. The van der Waals surface area contributed by atoms with E-state index in [2.05, 4.69) is 4.98 Å². The van der Waals surface area contributed by atoms with Crippen LogP contribution in [0.4, 0.5) is 13.2 Å². The summed E-state index contributed by atoms with van der Waals surface area (Å²) in [6.07, 6.45) is -3.47. The zero-order valence-electron chi connectivity index (χ0n) is 7.80. The predicted molar refractivity (Wildman–Crippen MR) is 54.4 cm³/mol. The van der Waals surface area contributed by atoms with Crippen LogP contribution in [0.25, 0.3) is 0 Å². The van der Waals surface area contributed by atoms with Crippen LogP contribution in [0, 0.1) is 0 Å². The van der Waals surface area contributed by atoms with Crippen molar-refractivity contribution in [2.75, 3.05) is 11.5 Å². The average Bonchev–Trinajstić information content (AvgIpc) is 2.62. The fourth-order valence-electron chi connectivity index (χ4n) is 0.800. The molecule has 0 atom stereocenters. The zero-order valence-corrected chi connectivity index (χ0v) is 9.43. The molecule has 0 spiro atoms. The van der Waals surface area contributed by atoms with Crippen molar-refractivity contribution < 1.29 is 18.0 Å². The lowest BCUT2D eigenvalue weighted by atomic mass is 10.4. The van der Waals surface area contributed by atoms with Gasteiger partial charge in [0.1, 0.15) is 0 Å². The van der Waals surface area contributed by atoms with E-state index in [0.29, 0.717) is 11.3 Å². The number of thioether (sulfide) groups is 1. The van der Waals surface area contributed by atoms with Gasteiger partial charge in [-0.15, -0.1) is 11.3 Å². The van der Waals surface area contributed by atoms with Gasteiger partial charge in [-0.05, 0) is 5.75 Å². The number of carbonyl (C=O) groups is 1. The third kappa shape index (κ3) is 3.49. The largest absolute Gasteiger partial charge is 0.443 e. The van der Waals surface area contributed by atoms with E-state index in [1.165, 1.54) is 11.8 Å².